The van der Waals surface area contributed by atoms with Crippen LogP contribution in [0.15, 0.2) is 52.6 Å². The molecule has 2 aliphatic rings. The highest BCUT2D eigenvalue weighted by molar-refractivity contribution is 7.99. The van der Waals surface area contributed by atoms with Crippen LogP contribution in [0.5, 0.6) is 0 Å². The van der Waals surface area contributed by atoms with Crippen LogP contribution < -0.4 is 0 Å². The van der Waals surface area contributed by atoms with E-state index >= 15 is 0 Å². The average Bonchev–Trinajstić information content (AvgIpc) is 3.73. The highest BCUT2D eigenvalue weighted by Crippen LogP contribution is 2.52. The zero-order chi connectivity index (χ0) is 34.7. The molecule has 4 heterocycles. The van der Waals surface area contributed by atoms with Gasteiger partial charge >= 0.3 is 5.97 Å². The van der Waals surface area contributed by atoms with Gasteiger partial charge in [-0.2, -0.15) is 0 Å². The van der Waals surface area contributed by atoms with Gasteiger partial charge in [0, 0.05) is 40.5 Å². The third-order valence-electron chi connectivity index (χ3n) is 9.43. The van der Waals surface area contributed by atoms with Gasteiger partial charge in [0.25, 0.3) is 5.69 Å². The Bertz CT molecular complexity index is 1760. The number of aliphatic hydroxyl groups excluding tert-OH is 1. The van der Waals surface area contributed by atoms with Crippen molar-refractivity contribution in [1.82, 2.24) is 14.3 Å². The molecule has 1 fully saturated rings. The molecule has 2 aliphatic heterocycles. The lowest BCUT2D eigenvalue weighted by atomic mass is 9.77. The first-order valence-electron chi connectivity index (χ1n) is 15.9. The molecular formula is C31H39N7O7S2Si. The van der Waals surface area contributed by atoms with Crippen LogP contribution in [0.4, 0.5) is 5.69 Å². The van der Waals surface area contributed by atoms with E-state index in [9.17, 15) is 24.8 Å². The Morgan fingerprint density at radius 3 is 2.56 bits per heavy atom. The van der Waals surface area contributed by atoms with Crippen LogP contribution in [0.25, 0.3) is 20.8 Å². The number of aromatic nitrogens is 2. The minimum Gasteiger partial charge on any atom is -0.456 e. The minimum atomic E-state index is -1.96. The molecule has 2 aromatic heterocycles. The third-order valence-corrected chi connectivity index (χ3v) is 16.5. The van der Waals surface area contributed by atoms with Crippen molar-refractivity contribution in [2.75, 3.05) is 12.3 Å². The van der Waals surface area contributed by atoms with Gasteiger partial charge in [-0.15, -0.1) is 23.1 Å². The Balaban J connectivity index is 1.43. The van der Waals surface area contributed by atoms with E-state index in [4.69, 9.17) is 14.7 Å². The van der Waals surface area contributed by atoms with Crippen LogP contribution in [0.2, 0.25) is 18.1 Å². The number of non-ortho nitro benzene ring substituents is 1. The van der Waals surface area contributed by atoms with Crippen molar-refractivity contribution in [1.29, 1.82) is 0 Å². The van der Waals surface area contributed by atoms with E-state index in [0.717, 1.165) is 32.9 Å². The molecule has 5 atom stereocenters. The summed E-state index contributed by atoms with van der Waals surface area (Å²) in [6, 6.07) is 8.24. The number of thioether (sulfide) groups is 1. The molecule has 3 aromatic rings. The molecule has 0 aliphatic carbocycles. The highest BCUT2D eigenvalue weighted by atomic mass is 32.2. The van der Waals surface area contributed by atoms with Gasteiger partial charge < -0.3 is 19.2 Å². The molecule has 14 nitrogen and oxygen atoms in total. The maximum Gasteiger partial charge on any atom is 0.355 e. The van der Waals surface area contributed by atoms with E-state index in [2.05, 4.69) is 35.8 Å². The number of nitro groups is 1. The molecule has 17 heteroatoms. The fraction of sp³-hybridized carbons (Fsp3) is 0.516. The number of nitrogens with zero attached hydrogens (tertiary/aromatic N) is 7. The van der Waals surface area contributed by atoms with Gasteiger partial charge in [0.1, 0.15) is 28.5 Å². The molecule has 0 unspecified atom stereocenters. The summed E-state index contributed by atoms with van der Waals surface area (Å²) in [6.07, 6.45) is 2.45. The second kappa shape index (κ2) is 14.8. The number of azide groups is 1. The lowest BCUT2D eigenvalue weighted by molar-refractivity contribution is -0.384. The largest absolute Gasteiger partial charge is 0.456 e. The molecule has 1 saturated heterocycles. The average molecular weight is 714 g/mol. The van der Waals surface area contributed by atoms with E-state index in [0.29, 0.717) is 16.9 Å². The van der Waals surface area contributed by atoms with Crippen LogP contribution in [0, 0.1) is 22.0 Å². The Morgan fingerprint density at radius 1 is 1.27 bits per heavy atom. The van der Waals surface area contributed by atoms with Crippen molar-refractivity contribution >= 4 is 59.4 Å². The van der Waals surface area contributed by atoms with Gasteiger partial charge in [-0.3, -0.25) is 19.3 Å². The highest BCUT2D eigenvalue weighted by Gasteiger charge is 2.60. The number of rotatable bonds is 16. The van der Waals surface area contributed by atoms with E-state index in [-0.39, 0.29) is 42.5 Å². The normalized spacial score (nSPS) is 20.3. The molecule has 48 heavy (non-hydrogen) atoms. The van der Waals surface area contributed by atoms with Crippen LogP contribution >= 0.6 is 23.1 Å². The number of carbonyl (C=O) groups is 2. The number of hydrogen-bond acceptors (Lipinski definition) is 11. The topological polar surface area (TPSA) is 185 Å². The second-order valence-electron chi connectivity index (χ2n) is 12.1. The predicted molar refractivity (Wildman–Crippen MR) is 185 cm³/mol. The van der Waals surface area contributed by atoms with Crippen molar-refractivity contribution in [2.45, 2.75) is 82.6 Å². The van der Waals surface area contributed by atoms with Gasteiger partial charge in [-0.1, -0.05) is 32.8 Å². The van der Waals surface area contributed by atoms with Gasteiger partial charge in [-0.05, 0) is 48.3 Å². The number of nitro benzene ring substituents is 1. The molecule has 1 amide bonds. The molecule has 0 radical (unpaired) electrons. The quantitative estimate of drug-likeness (QED) is 0.0202. The van der Waals surface area contributed by atoms with Crippen LogP contribution in [0.1, 0.15) is 45.1 Å². The summed E-state index contributed by atoms with van der Waals surface area (Å²) in [5.74, 6) is -1.39. The number of β-lactam (4-membered cyclic amide) rings is 1. The summed E-state index contributed by atoms with van der Waals surface area (Å²) in [5.41, 5.74) is 10.3. The summed E-state index contributed by atoms with van der Waals surface area (Å²) in [6.45, 7) is 10.1. The van der Waals surface area contributed by atoms with Gasteiger partial charge in [0.2, 0.25) is 5.91 Å². The number of imidazole rings is 1. The first-order chi connectivity index (χ1) is 23.0. The van der Waals surface area contributed by atoms with E-state index in [1.165, 1.54) is 52.3 Å². The lowest BCUT2D eigenvalue weighted by Crippen LogP contribution is -2.63. The van der Waals surface area contributed by atoms with Crippen molar-refractivity contribution in [3.63, 3.8) is 0 Å². The Kier molecular flexibility index (Phi) is 11.0. The fourth-order valence-corrected chi connectivity index (χ4v) is 11.9. The number of carbonyl (C=O) groups excluding carboxylic acids is 2. The Morgan fingerprint density at radius 2 is 1.96 bits per heavy atom. The molecule has 1 aromatic carbocycles. The fourth-order valence-electron chi connectivity index (χ4n) is 6.59. The van der Waals surface area contributed by atoms with Gasteiger partial charge in [0.05, 0.1) is 40.5 Å². The van der Waals surface area contributed by atoms with Gasteiger partial charge in [0.15, 0.2) is 8.32 Å². The summed E-state index contributed by atoms with van der Waals surface area (Å²) in [5, 5.41) is 26.0. The third kappa shape index (κ3) is 6.75. The molecule has 1 N–H and O–H groups in total. The smallest absolute Gasteiger partial charge is 0.355 e. The predicted octanol–water partition coefficient (Wildman–Crippen LogP) is 6.41. The summed E-state index contributed by atoms with van der Waals surface area (Å²) >= 11 is 2.97. The molecular weight excluding hydrogens is 675 g/mol. The minimum absolute atomic E-state index is 0.0736. The number of amides is 1. The Labute approximate surface area is 287 Å². The number of thiazole rings is 1. The van der Waals surface area contributed by atoms with E-state index in [1.54, 1.807) is 13.3 Å². The summed E-state index contributed by atoms with van der Waals surface area (Å²) in [4.78, 5) is 48.1. The molecule has 0 spiro atoms. The summed E-state index contributed by atoms with van der Waals surface area (Å²) in [7, 11) is -1.96. The molecule has 5 rings (SSSR count). The van der Waals surface area contributed by atoms with Gasteiger partial charge in [-0.25, -0.2) is 9.78 Å². The zero-order valence-electron chi connectivity index (χ0n) is 27.4. The Hall–Kier alpha value is -3.73. The van der Waals surface area contributed by atoms with E-state index < -0.39 is 37.3 Å². The summed E-state index contributed by atoms with van der Waals surface area (Å²) < 4.78 is 14.2. The maximum atomic E-state index is 13.7. The van der Waals surface area contributed by atoms with E-state index in [1.807, 2.05) is 17.5 Å². The SMILES string of the molecule is CC[Si](CC)(CC)O[C@H](CN=[N+]=[N-])CSc1ncn2cc(C3=C(C(=O)OCc4ccc([N+](=O)[O-])cc4)N4C(=O)[C@H]([C@@H](C)O)[C@H]4[C@H]3C)sc12. The number of benzene rings is 1. The molecule has 256 valence electrons. The number of esters is 1. The van der Waals surface area contributed by atoms with Crippen LogP contribution in [-0.2, 0) is 25.4 Å². The maximum absolute atomic E-state index is 13.7. The number of aliphatic hydroxyl groups is 1. The zero-order valence-corrected chi connectivity index (χ0v) is 30.1. The number of hydrogen-bond donors (Lipinski definition) is 1. The molecule has 0 bridgehead atoms. The first-order valence-corrected chi connectivity index (χ1v) is 20.3. The van der Waals surface area contributed by atoms with Crippen molar-refractivity contribution in [3.8, 4) is 0 Å². The first kappa shape index (κ1) is 35.6. The van der Waals surface area contributed by atoms with Crippen molar-refractivity contribution in [3.05, 3.63) is 73.5 Å². The van der Waals surface area contributed by atoms with Crippen LogP contribution in [-0.4, -0.2) is 75.1 Å². The standard InChI is InChI=1S/C31H39N7O7S2Si/c1-6-48(7-2,8-3)45-22(13-34-35-32)16-46-28-30-36(17-33-28)14-23(47-30)24-18(4)26-25(19(5)39)29(40)37(26)27(24)31(41)44-15-20-9-11-21(12-10-20)38(42)43/h9-12,14,17-19,22,25-26,39H,6-8,13,15-16H2,1-5H3/t18-,19+,22+,25+,26+/m0/s1. The van der Waals surface area contributed by atoms with Crippen molar-refractivity contribution < 1.29 is 28.8 Å². The monoisotopic (exact) mass is 713 g/mol. The molecule has 0 saturated carbocycles. The van der Waals surface area contributed by atoms with Crippen molar-refractivity contribution in [2.24, 2.45) is 17.0 Å². The number of fused-ring (bicyclic) bond motifs is 2. The van der Waals surface area contributed by atoms with Crippen LogP contribution in [0.3, 0.4) is 0 Å². The number of ether oxygens (including phenoxy) is 1. The lowest BCUT2D eigenvalue weighted by Gasteiger charge is -2.46. The second-order valence-corrected chi connectivity index (χ2v) is 18.8.